The third-order valence-electron chi connectivity index (χ3n) is 4.64. The Hall–Kier alpha value is -2.57. The first-order chi connectivity index (χ1) is 14.1. The molecule has 1 aliphatic heterocycles. The molecule has 0 atom stereocenters. The van der Waals surface area contributed by atoms with E-state index < -0.39 is 0 Å². The van der Waals surface area contributed by atoms with Crippen molar-refractivity contribution in [2.24, 2.45) is 0 Å². The number of fused-ring (bicyclic) bond motifs is 1. The summed E-state index contributed by atoms with van der Waals surface area (Å²) >= 11 is 4.45. The largest absolute Gasteiger partial charge is 0.493 e. The molecule has 29 heavy (non-hydrogen) atoms. The van der Waals surface area contributed by atoms with Crippen LogP contribution in [-0.4, -0.2) is 22.7 Å². The van der Waals surface area contributed by atoms with Crippen LogP contribution in [0.25, 0.3) is 16.8 Å². The minimum atomic E-state index is -0.266. The highest BCUT2D eigenvalue weighted by Gasteiger charge is 2.35. The maximum Gasteiger partial charge on any atom is 0.293 e. The van der Waals surface area contributed by atoms with Gasteiger partial charge in [-0.25, -0.2) is 0 Å². The standard InChI is InChI=1S/C23H18BrNO3S/c1-2-28-20-11-10-15(12-19(20)24)13-21-22(26)25(23(27)29-21)14-17-8-5-7-16-6-3-4-9-18(16)17/h3-13H,2,14H2,1H3/b21-13+. The number of benzene rings is 3. The van der Waals surface area contributed by atoms with Gasteiger partial charge in [0.05, 0.1) is 22.5 Å². The molecule has 4 rings (SSSR count). The Balaban J connectivity index is 1.59. The van der Waals surface area contributed by atoms with E-state index in [2.05, 4.69) is 15.9 Å². The van der Waals surface area contributed by atoms with Gasteiger partial charge >= 0.3 is 0 Å². The summed E-state index contributed by atoms with van der Waals surface area (Å²) < 4.78 is 6.32. The molecule has 4 nitrogen and oxygen atoms in total. The van der Waals surface area contributed by atoms with Gasteiger partial charge < -0.3 is 4.74 Å². The quantitative estimate of drug-likeness (QED) is 0.416. The fourth-order valence-corrected chi connectivity index (χ4v) is 4.62. The van der Waals surface area contributed by atoms with E-state index >= 15 is 0 Å². The molecule has 0 bridgehead atoms. The second-order valence-electron chi connectivity index (χ2n) is 6.53. The van der Waals surface area contributed by atoms with Crippen LogP contribution in [0, 0.1) is 0 Å². The van der Waals surface area contributed by atoms with E-state index in [1.165, 1.54) is 4.90 Å². The predicted molar refractivity (Wildman–Crippen MR) is 121 cm³/mol. The highest BCUT2D eigenvalue weighted by atomic mass is 79.9. The van der Waals surface area contributed by atoms with Crippen LogP contribution in [0.5, 0.6) is 5.75 Å². The van der Waals surface area contributed by atoms with Gasteiger partial charge in [-0.1, -0.05) is 48.5 Å². The number of carbonyl (C=O) groups is 2. The maximum atomic E-state index is 12.9. The van der Waals surface area contributed by atoms with Crippen LogP contribution >= 0.6 is 27.7 Å². The molecule has 1 heterocycles. The van der Waals surface area contributed by atoms with Gasteiger partial charge in [0.25, 0.3) is 11.1 Å². The summed E-state index contributed by atoms with van der Waals surface area (Å²) in [6.45, 7) is 2.76. The van der Waals surface area contributed by atoms with Crippen LogP contribution in [0.3, 0.4) is 0 Å². The lowest BCUT2D eigenvalue weighted by molar-refractivity contribution is -0.123. The van der Waals surface area contributed by atoms with Gasteiger partial charge in [-0.05, 0) is 74.7 Å². The van der Waals surface area contributed by atoms with Crippen LogP contribution in [0.2, 0.25) is 0 Å². The number of thioether (sulfide) groups is 1. The second kappa shape index (κ2) is 8.43. The molecule has 146 valence electrons. The van der Waals surface area contributed by atoms with E-state index in [1.54, 1.807) is 6.08 Å². The minimum absolute atomic E-state index is 0.251. The Morgan fingerprint density at radius 2 is 1.86 bits per heavy atom. The van der Waals surface area contributed by atoms with Crippen LogP contribution < -0.4 is 4.74 Å². The number of ether oxygens (including phenoxy) is 1. The fraction of sp³-hybridized carbons (Fsp3) is 0.130. The first-order valence-electron chi connectivity index (χ1n) is 9.21. The monoisotopic (exact) mass is 467 g/mol. The zero-order valence-electron chi connectivity index (χ0n) is 15.7. The topological polar surface area (TPSA) is 46.6 Å². The molecule has 1 saturated heterocycles. The molecule has 3 aromatic rings. The Labute approximate surface area is 181 Å². The third kappa shape index (κ3) is 4.09. The van der Waals surface area contributed by atoms with Crippen molar-refractivity contribution < 1.29 is 14.3 Å². The number of nitrogens with zero attached hydrogens (tertiary/aromatic N) is 1. The van der Waals surface area contributed by atoms with E-state index in [-0.39, 0.29) is 17.7 Å². The Morgan fingerprint density at radius 1 is 1.07 bits per heavy atom. The molecule has 2 amide bonds. The summed E-state index contributed by atoms with van der Waals surface area (Å²) in [6.07, 6.45) is 1.74. The number of hydrogen-bond acceptors (Lipinski definition) is 4. The molecule has 0 spiro atoms. The smallest absolute Gasteiger partial charge is 0.293 e. The van der Waals surface area contributed by atoms with Gasteiger partial charge in [-0.2, -0.15) is 0 Å². The lowest BCUT2D eigenvalue weighted by Crippen LogP contribution is -2.27. The summed E-state index contributed by atoms with van der Waals surface area (Å²) in [5, 5.41) is 1.89. The average Bonchev–Trinajstić information content (AvgIpc) is 2.98. The van der Waals surface area contributed by atoms with E-state index in [0.717, 1.165) is 43.9 Å². The molecular weight excluding hydrogens is 450 g/mol. The number of rotatable bonds is 5. The normalized spacial score (nSPS) is 15.5. The Kier molecular flexibility index (Phi) is 5.74. The summed E-state index contributed by atoms with van der Waals surface area (Å²) in [4.78, 5) is 27.2. The Bertz CT molecular complexity index is 1140. The van der Waals surface area contributed by atoms with Crippen molar-refractivity contribution in [2.75, 3.05) is 6.61 Å². The molecule has 0 aliphatic carbocycles. The third-order valence-corrected chi connectivity index (χ3v) is 6.16. The second-order valence-corrected chi connectivity index (χ2v) is 8.38. The molecule has 1 fully saturated rings. The van der Waals surface area contributed by atoms with E-state index in [1.807, 2.05) is 67.6 Å². The first-order valence-corrected chi connectivity index (χ1v) is 10.8. The van der Waals surface area contributed by atoms with Crippen molar-refractivity contribution in [1.29, 1.82) is 0 Å². The molecular formula is C23H18BrNO3S. The van der Waals surface area contributed by atoms with Crippen LogP contribution in [0.15, 0.2) is 70.0 Å². The lowest BCUT2D eigenvalue weighted by atomic mass is 10.0. The van der Waals surface area contributed by atoms with Gasteiger partial charge in [-0.15, -0.1) is 0 Å². The zero-order valence-corrected chi connectivity index (χ0v) is 18.1. The van der Waals surface area contributed by atoms with E-state index in [0.29, 0.717) is 11.5 Å². The average molecular weight is 468 g/mol. The van der Waals surface area contributed by atoms with Gasteiger partial charge in [-0.3, -0.25) is 14.5 Å². The van der Waals surface area contributed by atoms with Crippen molar-refractivity contribution in [2.45, 2.75) is 13.5 Å². The van der Waals surface area contributed by atoms with Crippen LogP contribution in [0.4, 0.5) is 4.79 Å². The molecule has 0 radical (unpaired) electrons. The highest BCUT2D eigenvalue weighted by Crippen LogP contribution is 2.35. The molecule has 0 unspecified atom stereocenters. The number of halogens is 1. The minimum Gasteiger partial charge on any atom is -0.493 e. The number of imide groups is 1. The SMILES string of the molecule is CCOc1ccc(/C=C2/SC(=O)N(Cc3cccc4ccccc34)C2=O)cc1Br. The zero-order chi connectivity index (χ0) is 20.4. The van der Waals surface area contributed by atoms with Crippen molar-refractivity contribution >= 4 is 55.7 Å². The lowest BCUT2D eigenvalue weighted by Gasteiger charge is -2.14. The molecule has 0 aromatic heterocycles. The van der Waals surface area contributed by atoms with Crippen molar-refractivity contribution in [3.63, 3.8) is 0 Å². The number of amides is 2. The Morgan fingerprint density at radius 3 is 2.66 bits per heavy atom. The van der Waals surface area contributed by atoms with E-state index in [4.69, 9.17) is 4.74 Å². The van der Waals surface area contributed by atoms with Gasteiger partial charge in [0.2, 0.25) is 0 Å². The molecule has 1 aliphatic rings. The van der Waals surface area contributed by atoms with Crippen LogP contribution in [0.1, 0.15) is 18.1 Å². The molecule has 0 N–H and O–H groups in total. The van der Waals surface area contributed by atoms with Crippen molar-refractivity contribution in [1.82, 2.24) is 4.90 Å². The summed E-state index contributed by atoms with van der Waals surface area (Å²) in [5.41, 5.74) is 1.78. The number of carbonyl (C=O) groups excluding carboxylic acids is 2. The summed E-state index contributed by atoms with van der Waals surface area (Å²) in [7, 11) is 0. The van der Waals surface area contributed by atoms with Crippen molar-refractivity contribution in [3.8, 4) is 5.75 Å². The molecule has 0 saturated carbocycles. The first kappa shape index (κ1) is 19.7. The maximum absolute atomic E-state index is 12.9. The predicted octanol–water partition coefficient (Wildman–Crippen LogP) is 6.24. The summed E-state index contributed by atoms with van der Waals surface area (Å²) in [6, 6.07) is 19.5. The molecule has 6 heteroatoms. The molecule has 3 aromatic carbocycles. The van der Waals surface area contributed by atoms with Gasteiger partial charge in [0.1, 0.15) is 5.75 Å². The van der Waals surface area contributed by atoms with Gasteiger partial charge in [0, 0.05) is 0 Å². The number of hydrogen-bond donors (Lipinski definition) is 0. The van der Waals surface area contributed by atoms with Crippen LogP contribution in [-0.2, 0) is 11.3 Å². The van der Waals surface area contributed by atoms with E-state index in [9.17, 15) is 9.59 Å². The fourth-order valence-electron chi connectivity index (χ4n) is 3.27. The highest BCUT2D eigenvalue weighted by molar-refractivity contribution is 9.10. The van der Waals surface area contributed by atoms with Crippen molar-refractivity contribution in [3.05, 3.63) is 81.2 Å². The van der Waals surface area contributed by atoms with Gasteiger partial charge in [0.15, 0.2) is 0 Å². The summed E-state index contributed by atoms with van der Waals surface area (Å²) in [5.74, 6) is 0.478.